The quantitative estimate of drug-likeness (QED) is 0.378. The molecule has 0 saturated heterocycles. The first-order valence-corrected chi connectivity index (χ1v) is 10.7. The lowest BCUT2D eigenvalue weighted by Crippen LogP contribution is -2.41. The Hall–Kier alpha value is -1.96. The molecule has 6 heteroatoms. The van der Waals surface area contributed by atoms with Crippen molar-refractivity contribution in [2.24, 2.45) is 0 Å². The largest absolute Gasteiger partial charge is 0.493 e. The van der Waals surface area contributed by atoms with E-state index in [2.05, 4.69) is 27.9 Å². The molecule has 0 fully saturated rings. The molecule has 2 rings (SSSR count). The molecule has 0 radical (unpaired) electrons. The predicted octanol–water partition coefficient (Wildman–Crippen LogP) is 5.67. The average Bonchev–Trinajstić information content (AvgIpc) is 2.65. The van der Waals surface area contributed by atoms with Crippen molar-refractivity contribution >= 4 is 28.7 Å². The Bertz CT molecular complexity index is 759. The highest BCUT2D eigenvalue weighted by atomic mass is 127. The number of hydrogen-bond acceptors (Lipinski definition) is 4. The van der Waals surface area contributed by atoms with Crippen LogP contribution in [0.2, 0.25) is 0 Å². The molecule has 1 amide bonds. The van der Waals surface area contributed by atoms with Gasteiger partial charge < -0.3 is 19.5 Å². The maximum absolute atomic E-state index is 12.2. The van der Waals surface area contributed by atoms with Crippen molar-refractivity contribution < 1.29 is 19.0 Å². The molecular formula is C22H28INO4. The molecule has 0 aromatic heterocycles. The van der Waals surface area contributed by atoms with Gasteiger partial charge in [-0.3, -0.25) is 0 Å². The monoisotopic (exact) mass is 497 g/mol. The number of alkyl carbamates (subject to hydrolysis) is 1. The maximum Gasteiger partial charge on any atom is 0.408 e. The van der Waals surface area contributed by atoms with Gasteiger partial charge in [0.05, 0.1) is 7.11 Å². The van der Waals surface area contributed by atoms with E-state index in [1.165, 1.54) is 0 Å². The summed E-state index contributed by atoms with van der Waals surface area (Å²) in [6, 6.07) is 15.6. The summed E-state index contributed by atoms with van der Waals surface area (Å²) in [6.45, 7) is 6.22. The Morgan fingerprint density at radius 1 is 1.11 bits per heavy atom. The fourth-order valence-corrected chi connectivity index (χ4v) is 3.16. The van der Waals surface area contributed by atoms with Gasteiger partial charge in [-0.15, -0.1) is 0 Å². The lowest BCUT2D eigenvalue weighted by Gasteiger charge is -2.24. The molecule has 0 aliphatic rings. The molecule has 2 aromatic carbocycles. The third kappa shape index (κ3) is 7.22. The Kier molecular flexibility index (Phi) is 8.41. The summed E-state index contributed by atoms with van der Waals surface area (Å²) in [5.41, 5.74) is 1.61. The second-order valence-electron chi connectivity index (χ2n) is 7.43. The van der Waals surface area contributed by atoms with Crippen LogP contribution in [0.3, 0.4) is 0 Å². The predicted molar refractivity (Wildman–Crippen MR) is 119 cm³/mol. The van der Waals surface area contributed by atoms with Crippen molar-refractivity contribution in [2.45, 2.75) is 45.4 Å². The van der Waals surface area contributed by atoms with E-state index in [1.807, 2.05) is 69.3 Å². The van der Waals surface area contributed by atoms with Gasteiger partial charge in [0.1, 0.15) is 12.7 Å². The number of methoxy groups -OCH3 is 1. The third-order valence-corrected chi connectivity index (χ3v) is 4.52. The summed E-state index contributed by atoms with van der Waals surface area (Å²) in [4.78, 5) is 12.2. The molecule has 0 saturated carbocycles. The summed E-state index contributed by atoms with van der Waals surface area (Å²) in [6.07, 6.45) is -0.0621. The minimum Gasteiger partial charge on any atom is -0.493 e. The van der Waals surface area contributed by atoms with E-state index in [0.29, 0.717) is 24.5 Å². The topological polar surface area (TPSA) is 56.8 Å². The number of nitrogens with one attached hydrogen (secondary N) is 1. The molecule has 152 valence electrons. The van der Waals surface area contributed by atoms with Gasteiger partial charge in [0.15, 0.2) is 11.5 Å². The number of carbonyl (C=O) groups excluding carboxylic acids is 1. The highest BCUT2D eigenvalue weighted by molar-refractivity contribution is 14.1. The molecule has 28 heavy (non-hydrogen) atoms. The van der Waals surface area contributed by atoms with Crippen molar-refractivity contribution in [3.63, 3.8) is 0 Å². The molecular weight excluding hydrogens is 469 g/mol. The van der Waals surface area contributed by atoms with Gasteiger partial charge in [0.25, 0.3) is 0 Å². The zero-order valence-electron chi connectivity index (χ0n) is 16.8. The van der Waals surface area contributed by atoms with Gasteiger partial charge in [-0.25, -0.2) is 4.79 Å². The van der Waals surface area contributed by atoms with Crippen LogP contribution in [0.5, 0.6) is 11.5 Å². The first-order chi connectivity index (χ1) is 13.3. The van der Waals surface area contributed by atoms with Crippen LogP contribution in [-0.4, -0.2) is 23.2 Å². The normalized spacial score (nSPS) is 12.2. The van der Waals surface area contributed by atoms with Crippen molar-refractivity contribution in [1.82, 2.24) is 5.32 Å². The van der Waals surface area contributed by atoms with Gasteiger partial charge in [-0.2, -0.15) is 0 Å². The van der Waals surface area contributed by atoms with E-state index in [1.54, 1.807) is 7.11 Å². The number of halogens is 1. The first kappa shape index (κ1) is 22.3. The summed E-state index contributed by atoms with van der Waals surface area (Å²) in [7, 11) is 1.61. The fraction of sp³-hybridized carbons (Fsp3) is 0.409. The van der Waals surface area contributed by atoms with Crippen LogP contribution in [0.4, 0.5) is 4.79 Å². The molecule has 1 atom stereocenters. The van der Waals surface area contributed by atoms with Crippen molar-refractivity contribution in [3.8, 4) is 11.5 Å². The smallest absolute Gasteiger partial charge is 0.408 e. The number of amides is 1. The number of ether oxygens (including phenoxy) is 3. The number of benzene rings is 2. The van der Waals surface area contributed by atoms with Gasteiger partial charge in [-0.1, -0.05) is 59.0 Å². The highest BCUT2D eigenvalue weighted by Crippen LogP contribution is 2.33. The molecule has 2 aromatic rings. The van der Waals surface area contributed by atoms with Gasteiger partial charge in [-0.05, 0) is 50.5 Å². The van der Waals surface area contributed by atoms with Crippen LogP contribution in [0.1, 0.15) is 44.4 Å². The average molecular weight is 497 g/mol. The fourth-order valence-electron chi connectivity index (χ4n) is 2.60. The van der Waals surface area contributed by atoms with Gasteiger partial charge >= 0.3 is 6.09 Å². The Morgan fingerprint density at radius 3 is 2.43 bits per heavy atom. The van der Waals surface area contributed by atoms with Crippen LogP contribution in [-0.2, 0) is 11.3 Å². The number of hydrogen-bond donors (Lipinski definition) is 1. The van der Waals surface area contributed by atoms with Crippen molar-refractivity contribution in [2.75, 3.05) is 11.5 Å². The van der Waals surface area contributed by atoms with Crippen LogP contribution in [0.25, 0.3) is 0 Å². The molecule has 5 nitrogen and oxygen atoms in total. The zero-order chi connectivity index (χ0) is 20.6. The Morgan fingerprint density at radius 2 is 1.82 bits per heavy atom. The van der Waals surface area contributed by atoms with Gasteiger partial charge in [0, 0.05) is 9.97 Å². The number of carbonyl (C=O) groups is 1. The lowest BCUT2D eigenvalue weighted by molar-refractivity contribution is 0.0896. The Balaban J connectivity index is 2.12. The molecule has 0 aliphatic heterocycles. The molecule has 1 N–H and O–H groups in total. The third-order valence-electron chi connectivity index (χ3n) is 3.89. The first-order valence-electron chi connectivity index (χ1n) is 9.22. The molecule has 0 heterocycles. The van der Waals surface area contributed by atoms with Crippen LogP contribution >= 0.6 is 22.6 Å². The Labute approximate surface area is 180 Å². The minimum atomic E-state index is -0.425. The molecule has 0 bridgehead atoms. The number of alkyl halides is 1. The molecule has 1 unspecified atom stereocenters. The maximum atomic E-state index is 12.2. The van der Waals surface area contributed by atoms with Crippen LogP contribution in [0.15, 0.2) is 48.5 Å². The molecule has 0 spiro atoms. The van der Waals surface area contributed by atoms with E-state index in [4.69, 9.17) is 14.2 Å². The summed E-state index contributed by atoms with van der Waals surface area (Å²) in [5.74, 6) is 1.27. The van der Waals surface area contributed by atoms with E-state index >= 15 is 0 Å². The van der Waals surface area contributed by atoms with Crippen molar-refractivity contribution in [1.29, 1.82) is 0 Å². The van der Waals surface area contributed by atoms with Crippen LogP contribution in [0, 0.1) is 0 Å². The van der Waals surface area contributed by atoms with E-state index < -0.39 is 6.09 Å². The van der Waals surface area contributed by atoms with E-state index in [-0.39, 0.29) is 11.6 Å². The van der Waals surface area contributed by atoms with Gasteiger partial charge in [0.2, 0.25) is 0 Å². The lowest BCUT2D eigenvalue weighted by atomic mass is 10.1. The van der Waals surface area contributed by atoms with Crippen LogP contribution < -0.4 is 14.8 Å². The highest BCUT2D eigenvalue weighted by Gasteiger charge is 2.21. The van der Waals surface area contributed by atoms with Crippen molar-refractivity contribution in [3.05, 3.63) is 59.7 Å². The number of rotatable bonds is 8. The van der Waals surface area contributed by atoms with E-state index in [0.717, 1.165) is 15.6 Å². The second-order valence-corrected chi connectivity index (χ2v) is 8.51. The SMILES string of the molecule is COc1cc(C(CCI)OC(=O)NC(C)(C)C)ccc1OCc1ccccc1. The van der Waals surface area contributed by atoms with E-state index in [9.17, 15) is 4.79 Å². The molecule has 0 aliphatic carbocycles. The summed E-state index contributed by atoms with van der Waals surface area (Å²) >= 11 is 2.28. The standard InChI is InChI=1S/C22H28INO4/c1-22(2,3)24-21(25)28-18(12-13-23)17-10-11-19(20(14-17)26-4)27-15-16-8-6-5-7-9-16/h5-11,14,18H,12-13,15H2,1-4H3,(H,24,25). The zero-order valence-corrected chi connectivity index (χ0v) is 19.0. The summed E-state index contributed by atoms with van der Waals surface area (Å²) in [5, 5.41) is 2.84. The summed E-state index contributed by atoms with van der Waals surface area (Å²) < 4.78 is 17.9. The minimum absolute atomic E-state index is 0.348. The second kappa shape index (κ2) is 10.5.